The molecule has 7 heteroatoms. The Morgan fingerprint density at radius 3 is 2.29 bits per heavy atom. The second-order valence-corrected chi connectivity index (χ2v) is 8.52. The van der Waals surface area contributed by atoms with E-state index in [1.54, 1.807) is 26.4 Å². The second kappa shape index (κ2) is 9.52. The zero-order valence-corrected chi connectivity index (χ0v) is 19.0. The number of ether oxygens (including phenoxy) is 3. The Morgan fingerprint density at radius 2 is 1.71 bits per heavy atom. The molecule has 0 bridgehead atoms. The smallest absolute Gasteiger partial charge is 0.258 e. The Hall–Kier alpha value is -1.92. The number of amides is 1. The van der Waals surface area contributed by atoms with Gasteiger partial charge in [0.05, 0.1) is 18.7 Å². The predicted molar refractivity (Wildman–Crippen MR) is 115 cm³/mol. The first-order valence-corrected chi connectivity index (χ1v) is 9.92. The minimum Gasteiger partial charge on any atom is -0.493 e. The van der Waals surface area contributed by atoms with Crippen molar-refractivity contribution in [3.8, 4) is 17.2 Å². The lowest BCUT2D eigenvalue weighted by atomic mass is 9.87. The molecule has 0 spiro atoms. The highest BCUT2D eigenvalue weighted by Gasteiger charge is 2.16. The molecule has 2 rings (SSSR count). The standard InChI is InChI=1S/C21H25BrClNO4/c1-21(2,3)14-6-7-17(15(22)9-14)28-12-20(25)24-11-13-8-18(26-4)19(27-5)10-16(13)23/h6-10H,11-12H2,1-5H3,(H,24,25). The molecule has 0 aliphatic carbocycles. The molecule has 0 aliphatic rings. The van der Waals surface area contributed by atoms with Gasteiger partial charge in [-0.2, -0.15) is 0 Å². The lowest BCUT2D eigenvalue weighted by Crippen LogP contribution is -2.28. The summed E-state index contributed by atoms with van der Waals surface area (Å²) in [5, 5.41) is 3.28. The Kier molecular flexibility index (Phi) is 7.61. The molecule has 1 amide bonds. The first-order valence-electron chi connectivity index (χ1n) is 8.75. The van der Waals surface area contributed by atoms with Crippen LogP contribution in [0.25, 0.3) is 0 Å². The Balaban J connectivity index is 1.95. The highest BCUT2D eigenvalue weighted by Crippen LogP contribution is 2.33. The molecule has 28 heavy (non-hydrogen) atoms. The molecule has 0 unspecified atom stereocenters. The van der Waals surface area contributed by atoms with E-state index in [-0.39, 0.29) is 24.5 Å². The molecule has 0 radical (unpaired) electrons. The SMILES string of the molecule is COc1cc(Cl)c(CNC(=O)COc2ccc(C(C)(C)C)cc2Br)cc1OC. The molecule has 0 atom stereocenters. The Labute approximate surface area is 179 Å². The number of rotatable bonds is 7. The van der Waals surface area contributed by atoms with Crippen LogP contribution in [-0.2, 0) is 16.8 Å². The van der Waals surface area contributed by atoms with Crippen LogP contribution >= 0.6 is 27.5 Å². The van der Waals surface area contributed by atoms with Crippen molar-refractivity contribution in [2.75, 3.05) is 20.8 Å². The minimum atomic E-state index is -0.252. The van der Waals surface area contributed by atoms with Gasteiger partial charge in [0, 0.05) is 17.6 Å². The van der Waals surface area contributed by atoms with Crippen LogP contribution in [0.5, 0.6) is 17.2 Å². The van der Waals surface area contributed by atoms with Crippen molar-refractivity contribution >= 4 is 33.4 Å². The number of hydrogen-bond donors (Lipinski definition) is 1. The summed E-state index contributed by atoms with van der Waals surface area (Å²) in [6.45, 7) is 6.58. The second-order valence-electron chi connectivity index (χ2n) is 7.26. The fraction of sp³-hybridized carbons (Fsp3) is 0.381. The maximum absolute atomic E-state index is 12.2. The van der Waals surface area contributed by atoms with Gasteiger partial charge in [-0.05, 0) is 50.7 Å². The minimum absolute atomic E-state index is 0.0388. The van der Waals surface area contributed by atoms with E-state index in [4.69, 9.17) is 25.8 Å². The molecule has 0 aromatic heterocycles. The van der Waals surface area contributed by atoms with E-state index < -0.39 is 0 Å². The third kappa shape index (κ3) is 5.79. The summed E-state index contributed by atoms with van der Waals surface area (Å²) in [5.74, 6) is 1.45. The summed E-state index contributed by atoms with van der Waals surface area (Å²) in [5.41, 5.74) is 1.94. The average Bonchev–Trinajstić information content (AvgIpc) is 2.64. The van der Waals surface area contributed by atoms with E-state index in [9.17, 15) is 4.79 Å². The molecule has 5 nitrogen and oxygen atoms in total. The lowest BCUT2D eigenvalue weighted by Gasteiger charge is -2.20. The van der Waals surface area contributed by atoms with Gasteiger partial charge in [-0.25, -0.2) is 0 Å². The summed E-state index contributed by atoms with van der Waals surface area (Å²) in [4.78, 5) is 12.2. The van der Waals surface area contributed by atoms with Crippen LogP contribution in [0, 0.1) is 0 Å². The number of carbonyl (C=O) groups is 1. The molecule has 0 saturated carbocycles. The van der Waals surface area contributed by atoms with E-state index in [0.717, 1.165) is 10.0 Å². The molecule has 152 valence electrons. The van der Waals surface area contributed by atoms with E-state index in [2.05, 4.69) is 42.0 Å². The molecule has 2 aromatic carbocycles. The highest BCUT2D eigenvalue weighted by molar-refractivity contribution is 9.10. The van der Waals surface area contributed by atoms with E-state index in [1.165, 1.54) is 5.56 Å². The number of methoxy groups -OCH3 is 2. The van der Waals surface area contributed by atoms with Crippen molar-refractivity contribution in [2.24, 2.45) is 0 Å². The van der Waals surface area contributed by atoms with Crippen LogP contribution in [0.1, 0.15) is 31.9 Å². The van der Waals surface area contributed by atoms with Gasteiger partial charge in [0.2, 0.25) is 0 Å². The van der Waals surface area contributed by atoms with Crippen molar-refractivity contribution in [1.82, 2.24) is 5.32 Å². The molecule has 0 saturated heterocycles. The monoisotopic (exact) mass is 469 g/mol. The van der Waals surface area contributed by atoms with Crippen LogP contribution < -0.4 is 19.5 Å². The lowest BCUT2D eigenvalue weighted by molar-refractivity contribution is -0.123. The van der Waals surface area contributed by atoms with Gasteiger partial charge in [-0.1, -0.05) is 38.4 Å². The predicted octanol–water partition coefficient (Wildman–Crippen LogP) is 5.11. The van der Waals surface area contributed by atoms with Gasteiger partial charge in [-0.15, -0.1) is 0 Å². The van der Waals surface area contributed by atoms with Gasteiger partial charge < -0.3 is 19.5 Å². The molecule has 2 aromatic rings. The number of hydrogen-bond acceptors (Lipinski definition) is 4. The topological polar surface area (TPSA) is 56.8 Å². The number of halogens is 2. The van der Waals surface area contributed by atoms with E-state index in [1.807, 2.05) is 18.2 Å². The van der Waals surface area contributed by atoms with Crippen molar-refractivity contribution in [3.63, 3.8) is 0 Å². The Bertz CT molecular complexity index is 849. The molecular formula is C21H25BrClNO4. The fourth-order valence-corrected chi connectivity index (χ4v) is 3.22. The summed E-state index contributed by atoms with van der Waals surface area (Å²) in [6.07, 6.45) is 0. The molecule has 0 aliphatic heterocycles. The summed E-state index contributed by atoms with van der Waals surface area (Å²) >= 11 is 9.75. The fourth-order valence-electron chi connectivity index (χ4n) is 2.50. The first-order chi connectivity index (χ1) is 13.2. The van der Waals surface area contributed by atoms with Gasteiger partial charge in [0.25, 0.3) is 5.91 Å². The Morgan fingerprint density at radius 1 is 1.07 bits per heavy atom. The number of benzene rings is 2. The highest BCUT2D eigenvalue weighted by atomic mass is 79.9. The molecule has 0 heterocycles. The number of nitrogens with one attached hydrogen (secondary N) is 1. The van der Waals surface area contributed by atoms with Gasteiger partial charge >= 0.3 is 0 Å². The van der Waals surface area contributed by atoms with Gasteiger partial charge in [0.15, 0.2) is 18.1 Å². The van der Waals surface area contributed by atoms with Crippen LogP contribution in [0.3, 0.4) is 0 Å². The van der Waals surface area contributed by atoms with Crippen molar-refractivity contribution in [3.05, 3.63) is 51.0 Å². The quantitative estimate of drug-likeness (QED) is 0.611. The zero-order valence-electron chi connectivity index (χ0n) is 16.7. The summed E-state index contributed by atoms with van der Waals surface area (Å²) in [6, 6.07) is 9.28. The third-order valence-corrected chi connectivity index (χ3v) is 5.16. The summed E-state index contributed by atoms with van der Waals surface area (Å²) < 4.78 is 16.9. The van der Waals surface area contributed by atoms with Crippen LogP contribution in [0.4, 0.5) is 0 Å². The maximum Gasteiger partial charge on any atom is 0.258 e. The van der Waals surface area contributed by atoms with Crippen molar-refractivity contribution < 1.29 is 19.0 Å². The largest absolute Gasteiger partial charge is 0.493 e. The third-order valence-electron chi connectivity index (χ3n) is 4.19. The van der Waals surface area contributed by atoms with Crippen LogP contribution in [-0.4, -0.2) is 26.7 Å². The summed E-state index contributed by atoms with van der Waals surface area (Å²) in [7, 11) is 3.09. The molecule has 0 fully saturated rings. The molecule has 1 N–H and O–H groups in total. The van der Waals surface area contributed by atoms with Crippen molar-refractivity contribution in [2.45, 2.75) is 32.7 Å². The van der Waals surface area contributed by atoms with E-state index in [0.29, 0.717) is 22.3 Å². The zero-order chi connectivity index (χ0) is 20.9. The van der Waals surface area contributed by atoms with Crippen molar-refractivity contribution in [1.29, 1.82) is 0 Å². The maximum atomic E-state index is 12.2. The normalized spacial score (nSPS) is 11.1. The first kappa shape index (κ1) is 22.4. The van der Waals surface area contributed by atoms with Crippen LogP contribution in [0.2, 0.25) is 5.02 Å². The molecular weight excluding hydrogens is 446 g/mol. The number of carbonyl (C=O) groups excluding carboxylic acids is 1. The van der Waals surface area contributed by atoms with Gasteiger partial charge in [-0.3, -0.25) is 4.79 Å². The van der Waals surface area contributed by atoms with E-state index >= 15 is 0 Å². The van der Waals surface area contributed by atoms with Crippen LogP contribution in [0.15, 0.2) is 34.8 Å². The average molecular weight is 471 g/mol. The van der Waals surface area contributed by atoms with Gasteiger partial charge in [0.1, 0.15) is 5.75 Å².